The van der Waals surface area contributed by atoms with E-state index in [4.69, 9.17) is 0 Å². The first kappa shape index (κ1) is 15.0. The highest BCUT2D eigenvalue weighted by Gasteiger charge is 2.12. The zero-order chi connectivity index (χ0) is 13.7. The second kappa shape index (κ2) is 6.74. The third-order valence-corrected chi connectivity index (χ3v) is 2.79. The first-order valence-corrected chi connectivity index (χ1v) is 6.73. The van der Waals surface area contributed by atoms with Gasteiger partial charge in [-0.05, 0) is 52.4 Å². The molecular weight excluding hydrogens is 222 g/mol. The molecule has 0 aliphatic rings. The zero-order valence-electron chi connectivity index (χ0n) is 12.6. The van der Waals surface area contributed by atoms with Gasteiger partial charge in [-0.1, -0.05) is 13.8 Å². The van der Waals surface area contributed by atoms with Gasteiger partial charge in [0.15, 0.2) is 0 Å². The second-order valence-electron chi connectivity index (χ2n) is 5.87. The fourth-order valence-corrected chi connectivity index (χ4v) is 2.34. The van der Waals surface area contributed by atoms with E-state index in [2.05, 4.69) is 55.3 Å². The van der Waals surface area contributed by atoms with Crippen LogP contribution in [0.25, 0.3) is 0 Å². The lowest BCUT2D eigenvalue weighted by atomic mass is 10.0. The summed E-state index contributed by atoms with van der Waals surface area (Å²) in [6.45, 7) is 9.68. The maximum Gasteiger partial charge on any atom is 0.0396 e. The largest absolute Gasteiger partial charge is 0.381 e. The van der Waals surface area contributed by atoms with Gasteiger partial charge in [0.25, 0.3) is 0 Å². The molecule has 0 saturated heterocycles. The van der Waals surface area contributed by atoms with Crippen molar-refractivity contribution in [3.8, 4) is 0 Å². The Morgan fingerprint density at radius 3 is 2.17 bits per heavy atom. The molecule has 3 heteroatoms. The highest BCUT2D eigenvalue weighted by Crippen LogP contribution is 2.15. The first-order valence-electron chi connectivity index (χ1n) is 6.73. The number of nitrogens with one attached hydrogen (secondary N) is 1. The fourth-order valence-electron chi connectivity index (χ4n) is 2.34. The molecule has 0 aliphatic carbocycles. The molecule has 1 aromatic rings. The Morgan fingerprint density at radius 2 is 1.72 bits per heavy atom. The maximum absolute atomic E-state index is 4.41. The molecular formula is C15H27N3. The maximum atomic E-state index is 4.41. The average molecular weight is 249 g/mol. The lowest BCUT2D eigenvalue weighted by molar-refractivity contribution is 0.356. The summed E-state index contributed by atoms with van der Waals surface area (Å²) >= 11 is 0. The Balaban J connectivity index is 2.74. The molecule has 1 aromatic heterocycles. The number of aryl methyl sites for hydroxylation is 2. The molecule has 1 N–H and O–H groups in total. The van der Waals surface area contributed by atoms with Crippen LogP contribution in [0.3, 0.4) is 0 Å². The lowest BCUT2D eigenvalue weighted by Crippen LogP contribution is -2.33. The molecule has 0 bridgehead atoms. The van der Waals surface area contributed by atoms with Crippen LogP contribution in [0.1, 0.15) is 31.7 Å². The van der Waals surface area contributed by atoms with Gasteiger partial charge in [-0.2, -0.15) is 0 Å². The first-order chi connectivity index (χ1) is 8.36. The van der Waals surface area contributed by atoms with Gasteiger partial charge in [0, 0.05) is 29.7 Å². The molecule has 0 spiro atoms. The van der Waals surface area contributed by atoms with Gasteiger partial charge < -0.3 is 10.2 Å². The van der Waals surface area contributed by atoms with Crippen LogP contribution in [0.4, 0.5) is 5.69 Å². The van der Waals surface area contributed by atoms with Gasteiger partial charge in [0.1, 0.15) is 0 Å². The molecule has 0 saturated carbocycles. The van der Waals surface area contributed by atoms with E-state index in [0.29, 0.717) is 12.0 Å². The Hall–Kier alpha value is -1.09. The van der Waals surface area contributed by atoms with E-state index >= 15 is 0 Å². The number of nitrogens with zero attached hydrogens (tertiary/aromatic N) is 2. The quantitative estimate of drug-likeness (QED) is 0.839. The molecule has 1 rings (SSSR count). The van der Waals surface area contributed by atoms with E-state index in [1.54, 1.807) is 0 Å². The molecule has 0 radical (unpaired) electrons. The molecule has 102 valence electrons. The number of pyridine rings is 1. The molecule has 18 heavy (non-hydrogen) atoms. The van der Waals surface area contributed by atoms with Crippen molar-refractivity contribution in [3.05, 3.63) is 23.5 Å². The van der Waals surface area contributed by atoms with Crippen molar-refractivity contribution < 1.29 is 0 Å². The summed E-state index contributed by atoms with van der Waals surface area (Å²) in [5.74, 6) is 0.700. The Morgan fingerprint density at radius 1 is 1.17 bits per heavy atom. The minimum Gasteiger partial charge on any atom is -0.381 e. The van der Waals surface area contributed by atoms with E-state index < -0.39 is 0 Å². The second-order valence-corrected chi connectivity index (χ2v) is 5.87. The summed E-state index contributed by atoms with van der Waals surface area (Å²) in [6.07, 6.45) is 1.18. The van der Waals surface area contributed by atoms with E-state index in [1.165, 1.54) is 12.1 Å². The topological polar surface area (TPSA) is 28.2 Å². The van der Waals surface area contributed by atoms with Crippen molar-refractivity contribution in [3.63, 3.8) is 0 Å². The summed E-state index contributed by atoms with van der Waals surface area (Å²) < 4.78 is 0. The van der Waals surface area contributed by atoms with E-state index in [1.807, 2.05) is 13.8 Å². The van der Waals surface area contributed by atoms with Crippen LogP contribution in [-0.2, 0) is 0 Å². The Kier molecular flexibility index (Phi) is 5.60. The fraction of sp³-hybridized carbons (Fsp3) is 0.667. The van der Waals surface area contributed by atoms with Gasteiger partial charge in [-0.3, -0.25) is 4.98 Å². The minimum absolute atomic E-state index is 0.487. The molecule has 1 unspecified atom stereocenters. The number of likely N-dealkylation sites (N-methyl/N-ethyl adjacent to an activating group) is 1. The Bertz CT molecular complexity index is 342. The van der Waals surface area contributed by atoms with Gasteiger partial charge in [-0.15, -0.1) is 0 Å². The van der Waals surface area contributed by atoms with Gasteiger partial charge in [0.05, 0.1) is 0 Å². The monoisotopic (exact) mass is 249 g/mol. The highest BCUT2D eigenvalue weighted by atomic mass is 15.1. The molecule has 1 heterocycles. The van der Waals surface area contributed by atoms with Crippen molar-refractivity contribution in [1.82, 2.24) is 9.88 Å². The number of hydrogen-bond donors (Lipinski definition) is 1. The van der Waals surface area contributed by atoms with E-state index in [0.717, 1.165) is 17.9 Å². The predicted octanol–water partition coefficient (Wildman–Crippen LogP) is 3.09. The van der Waals surface area contributed by atoms with Crippen molar-refractivity contribution in [1.29, 1.82) is 0 Å². The van der Waals surface area contributed by atoms with Crippen molar-refractivity contribution in [2.45, 2.75) is 40.2 Å². The van der Waals surface area contributed by atoms with Crippen molar-refractivity contribution in [2.24, 2.45) is 5.92 Å². The highest BCUT2D eigenvalue weighted by molar-refractivity contribution is 5.46. The summed E-state index contributed by atoms with van der Waals surface area (Å²) in [5.41, 5.74) is 3.34. The third-order valence-electron chi connectivity index (χ3n) is 2.79. The predicted molar refractivity (Wildman–Crippen MR) is 79.1 cm³/mol. The van der Waals surface area contributed by atoms with Gasteiger partial charge >= 0.3 is 0 Å². The van der Waals surface area contributed by atoms with Crippen LogP contribution in [0.15, 0.2) is 12.1 Å². The summed E-state index contributed by atoms with van der Waals surface area (Å²) in [6, 6.07) is 4.73. The number of aromatic nitrogens is 1. The zero-order valence-corrected chi connectivity index (χ0v) is 12.6. The molecule has 0 aromatic carbocycles. The molecule has 0 fully saturated rings. The normalized spacial score (nSPS) is 13.1. The van der Waals surface area contributed by atoms with Crippen LogP contribution < -0.4 is 5.32 Å². The van der Waals surface area contributed by atoms with Crippen LogP contribution in [0.5, 0.6) is 0 Å². The summed E-state index contributed by atoms with van der Waals surface area (Å²) in [4.78, 5) is 6.65. The van der Waals surface area contributed by atoms with E-state index in [9.17, 15) is 0 Å². The average Bonchev–Trinajstić information content (AvgIpc) is 2.12. The third kappa shape index (κ3) is 5.50. The summed E-state index contributed by atoms with van der Waals surface area (Å²) in [5, 5.41) is 3.64. The van der Waals surface area contributed by atoms with Crippen LogP contribution in [0.2, 0.25) is 0 Å². The Labute approximate surface area is 112 Å². The number of hydrogen-bond acceptors (Lipinski definition) is 3. The smallest absolute Gasteiger partial charge is 0.0396 e. The van der Waals surface area contributed by atoms with Crippen molar-refractivity contribution >= 4 is 5.69 Å². The van der Waals surface area contributed by atoms with Gasteiger partial charge in [0.2, 0.25) is 0 Å². The minimum atomic E-state index is 0.487. The lowest BCUT2D eigenvalue weighted by Gasteiger charge is -2.25. The van der Waals surface area contributed by atoms with Crippen LogP contribution >= 0.6 is 0 Å². The molecule has 3 nitrogen and oxygen atoms in total. The SMILES string of the molecule is Cc1cc(NC(CC(C)C)CN(C)C)cc(C)n1. The van der Waals surface area contributed by atoms with Crippen LogP contribution in [0, 0.1) is 19.8 Å². The molecule has 0 aliphatic heterocycles. The standard InChI is InChI=1S/C15H27N3/c1-11(2)7-15(10-18(5)6)17-14-8-12(3)16-13(4)9-14/h8-9,11,15H,7,10H2,1-6H3,(H,16,17). The molecule has 0 amide bonds. The molecule has 1 atom stereocenters. The number of rotatable bonds is 6. The number of anilines is 1. The van der Waals surface area contributed by atoms with Crippen LogP contribution in [-0.4, -0.2) is 36.6 Å². The van der Waals surface area contributed by atoms with Crippen molar-refractivity contribution in [2.75, 3.05) is 26.0 Å². The summed E-state index contributed by atoms with van der Waals surface area (Å²) in [7, 11) is 4.25. The van der Waals surface area contributed by atoms with E-state index in [-0.39, 0.29) is 0 Å². The van der Waals surface area contributed by atoms with Gasteiger partial charge in [-0.25, -0.2) is 0 Å².